The van der Waals surface area contributed by atoms with Crippen LogP contribution < -0.4 is 26.2 Å². The predicted molar refractivity (Wildman–Crippen MR) is 141 cm³/mol. The number of anilines is 3. The molecule has 186 valence electrons. The van der Waals surface area contributed by atoms with Crippen LogP contribution in [0.25, 0.3) is 16.7 Å². The maximum Gasteiger partial charge on any atom is 0.334 e. The molecule has 5 rings (SSSR count). The largest absolute Gasteiger partial charge is 0.495 e. The Morgan fingerprint density at radius 2 is 1.81 bits per heavy atom. The van der Waals surface area contributed by atoms with Crippen LogP contribution in [0.5, 0.6) is 5.75 Å². The first-order valence-electron chi connectivity index (χ1n) is 11.8. The number of nitrogens with one attached hydrogen (secondary N) is 2. The van der Waals surface area contributed by atoms with Gasteiger partial charge < -0.3 is 19.9 Å². The second kappa shape index (κ2) is 9.46. The molecule has 1 aliphatic heterocycles. The van der Waals surface area contributed by atoms with Crippen molar-refractivity contribution in [3.05, 3.63) is 74.6 Å². The van der Waals surface area contributed by atoms with Crippen molar-refractivity contribution in [2.75, 3.05) is 50.6 Å². The van der Waals surface area contributed by atoms with Crippen molar-refractivity contribution in [1.29, 1.82) is 0 Å². The molecule has 0 aliphatic carbocycles. The van der Waals surface area contributed by atoms with Gasteiger partial charge in [-0.1, -0.05) is 12.1 Å². The number of para-hydroxylation sites is 1. The van der Waals surface area contributed by atoms with Crippen molar-refractivity contribution in [2.45, 2.75) is 13.8 Å². The number of ether oxygens (including phenoxy) is 1. The first-order valence-corrected chi connectivity index (χ1v) is 11.8. The third kappa shape index (κ3) is 4.31. The molecule has 1 aliphatic rings. The highest BCUT2D eigenvalue weighted by Crippen LogP contribution is 2.26. The van der Waals surface area contributed by atoms with E-state index in [4.69, 9.17) is 4.74 Å². The predicted octanol–water partition coefficient (Wildman–Crippen LogP) is 2.59. The number of aryl methyl sites for hydroxylation is 2. The van der Waals surface area contributed by atoms with E-state index in [1.54, 1.807) is 12.1 Å². The summed E-state index contributed by atoms with van der Waals surface area (Å²) in [6.07, 6.45) is 1.43. The Labute approximate surface area is 208 Å². The zero-order valence-corrected chi connectivity index (χ0v) is 20.8. The average molecular weight is 488 g/mol. The molecule has 0 bridgehead atoms. The molecule has 2 aromatic carbocycles. The number of nitrogens with zero attached hydrogens (tertiary/aromatic N) is 5. The first kappa shape index (κ1) is 23.6. The molecular weight excluding hydrogens is 458 g/mol. The lowest BCUT2D eigenvalue weighted by Crippen LogP contribution is -2.44. The van der Waals surface area contributed by atoms with Crippen LogP contribution in [-0.4, -0.2) is 64.8 Å². The quantitative estimate of drug-likeness (QED) is 0.442. The van der Waals surface area contributed by atoms with Crippen LogP contribution in [0.15, 0.2) is 52.2 Å². The molecule has 36 heavy (non-hydrogen) atoms. The van der Waals surface area contributed by atoms with E-state index in [1.165, 1.54) is 19.0 Å². The third-order valence-corrected chi connectivity index (χ3v) is 6.59. The minimum atomic E-state index is -0.600. The molecule has 1 fully saturated rings. The number of H-pyrrole nitrogens is 1. The van der Waals surface area contributed by atoms with E-state index in [0.717, 1.165) is 47.6 Å². The number of piperazine rings is 1. The summed E-state index contributed by atoms with van der Waals surface area (Å²) in [6.45, 7) is 7.98. The number of rotatable bonds is 5. The number of hydrogen-bond donors (Lipinski definition) is 2. The van der Waals surface area contributed by atoms with Crippen molar-refractivity contribution in [1.82, 2.24) is 24.4 Å². The highest BCUT2D eigenvalue weighted by Gasteiger charge is 2.18. The van der Waals surface area contributed by atoms with Crippen molar-refractivity contribution in [3.8, 4) is 11.4 Å². The zero-order chi connectivity index (χ0) is 25.4. The summed E-state index contributed by atoms with van der Waals surface area (Å²) in [6, 6.07) is 11.5. The van der Waals surface area contributed by atoms with Gasteiger partial charge in [0.25, 0.3) is 5.56 Å². The van der Waals surface area contributed by atoms with Crippen LogP contribution in [0, 0.1) is 13.8 Å². The summed E-state index contributed by atoms with van der Waals surface area (Å²) in [5.74, 6) is 0.715. The molecular formula is C26H29N7O3. The molecule has 2 N–H and O–H groups in total. The lowest BCUT2D eigenvalue weighted by molar-refractivity contribution is 0.312. The van der Waals surface area contributed by atoms with Crippen LogP contribution in [0.1, 0.15) is 11.1 Å². The topological polar surface area (TPSA) is 108 Å². The molecule has 3 heterocycles. The Bertz CT molecular complexity index is 1550. The molecule has 0 saturated carbocycles. The van der Waals surface area contributed by atoms with Gasteiger partial charge in [-0.2, -0.15) is 4.98 Å². The van der Waals surface area contributed by atoms with Crippen LogP contribution in [-0.2, 0) is 0 Å². The minimum absolute atomic E-state index is 0.164. The zero-order valence-electron chi connectivity index (χ0n) is 20.8. The molecule has 0 amide bonds. The van der Waals surface area contributed by atoms with Gasteiger partial charge in [0.05, 0.1) is 12.8 Å². The van der Waals surface area contributed by atoms with Gasteiger partial charge in [-0.3, -0.25) is 9.78 Å². The fourth-order valence-electron chi connectivity index (χ4n) is 4.61. The number of methoxy groups -OCH3 is 1. The Hall–Kier alpha value is -4.18. The summed E-state index contributed by atoms with van der Waals surface area (Å²) >= 11 is 0. The molecule has 0 radical (unpaired) electrons. The van der Waals surface area contributed by atoms with E-state index in [1.807, 2.05) is 25.1 Å². The smallest absolute Gasteiger partial charge is 0.334 e. The van der Waals surface area contributed by atoms with Crippen LogP contribution >= 0.6 is 0 Å². The summed E-state index contributed by atoms with van der Waals surface area (Å²) in [5.41, 5.74) is 3.36. The van der Waals surface area contributed by atoms with E-state index >= 15 is 0 Å². The Balaban J connectivity index is 1.46. The van der Waals surface area contributed by atoms with Gasteiger partial charge in [-0.25, -0.2) is 14.3 Å². The average Bonchev–Trinajstić information content (AvgIpc) is 2.85. The normalized spacial score (nSPS) is 14.3. The van der Waals surface area contributed by atoms with E-state index in [-0.39, 0.29) is 17.0 Å². The lowest BCUT2D eigenvalue weighted by atomic mass is 10.1. The van der Waals surface area contributed by atoms with E-state index in [9.17, 15) is 9.59 Å². The van der Waals surface area contributed by atoms with Crippen molar-refractivity contribution < 1.29 is 4.74 Å². The Morgan fingerprint density at radius 3 is 2.53 bits per heavy atom. The number of aromatic nitrogens is 4. The number of fused-ring (bicyclic) bond motifs is 1. The molecule has 2 aromatic heterocycles. The van der Waals surface area contributed by atoms with Gasteiger partial charge in [0.1, 0.15) is 11.1 Å². The fourth-order valence-corrected chi connectivity index (χ4v) is 4.61. The number of benzene rings is 2. The standard InChI is InChI=1S/C26H29N7O3/c1-16-6-5-7-21(36-4)22(16)33-24(34)19-15-27-25(29-23(19)30-26(33)35)28-18-8-9-20(17(2)14-18)32-12-10-31(3)11-13-32/h5-9,14-15H,10-13H2,1-4H3,(H2,27,28,29,30,35). The molecule has 0 spiro atoms. The van der Waals surface area contributed by atoms with Gasteiger partial charge in [-0.15, -0.1) is 0 Å². The SMILES string of the molecule is COc1cccc(C)c1-n1c(=O)[nH]c2nc(Nc3ccc(N4CCN(C)CC4)c(C)c3)ncc2c1=O. The molecule has 0 atom stereocenters. The highest BCUT2D eigenvalue weighted by atomic mass is 16.5. The second-order valence-electron chi connectivity index (χ2n) is 9.07. The van der Waals surface area contributed by atoms with Gasteiger partial charge in [0, 0.05) is 43.8 Å². The van der Waals surface area contributed by atoms with Crippen molar-refractivity contribution >= 4 is 28.4 Å². The molecule has 4 aromatic rings. The van der Waals surface area contributed by atoms with Crippen molar-refractivity contribution in [3.63, 3.8) is 0 Å². The van der Waals surface area contributed by atoms with Crippen LogP contribution in [0.4, 0.5) is 17.3 Å². The van der Waals surface area contributed by atoms with Crippen LogP contribution in [0.2, 0.25) is 0 Å². The maximum absolute atomic E-state index is 13.3. The molecule has 1 saturated heterocycles. The van der Waals surface area contributed by atoms with E-state index in [0.29, 0.717) is 11.4 Å². The number of hydrogen-bond acceptors (Lipinski definition) is 8. The highest BCUT2D eigenvalue weighted by molar-refractivity contribution is 5.75. The summed E-state index contributed by atoms with van der Waals surface area (Å²) in [7, 11) is 3.64. The number of likely N-dealkylation sites (N-methyl/N-ethyl adjacent to an activating group) is 1. The second-order valence-corrected chi connectivity index (χ2v) is 9.07. The fraction of sp³-hybridized carbons (Fsp3) is 0.308. The first-order chi connectivity index (χ1) is 17.4. The Kier molecular flexibility index (Phi) is 6.19. The number of aromatic amines is 1. The summed E-state index contributed by atoms with van der Waals surface area (Å²) in [5, 5.41) is 3.39. The van der Waals surface area contributed by atoms with Gasteiger partial charge in [0.15, 0.2) is 5.65 Å². The van der Waals surface area contributed by atoms with Gasteiger partial charge >= 0.3 is 5.69 Å². The lowest BCUT2D eigenvalue weighted by Gasteiger charge is -2.35. The summed E-state index contributed by atoms with van der Waals surface area (Å²) in [4.78, 5) is 42.4. The Morgan fingerprint density at radius 1 is 1.03 bits per heavy atom. The third-order valence-electron chi connectivity index (χ3n) is 6.59. The van der Waals surface area contributed by atoms with E-state index < -0.39 is 11.2 Å². The monoisotopic (exact) mass is 487 g/mol. The summed E-state index contributed by atoms with van der Waals surface area (Å²) < 4.78 is 6.45. The van der Waals surface area contributed by atoms with Gasteiger partial charge in [-0.05, 0) is 56.3 Å². The van der Waals surface area contributed by atoms with Crippen LogP contribution in [0.3, 0.4) is 0 Å². The molecule has 0 unspecified atom stereocenters. The van der Waals surface area contributed by atoms with Gasteiger partial charge in [0.2, 0.25) is 5.95 Å². The minimum Gasteiger partial charge on any atom is -0.495 e. The van der Waals surface area contributed by atoms with E-state index in [2.05, 4.69) is 50.1 Å². The maximum atomic E-state index is 13.3. The van der Waals surface area contributed by atoms with Crippen molar-refractivity contribution in [2.24, 2.45) is 0 Å². The molecule has 10 nitrogen and oxygen atoms in total. The molecule has 10 heteroatoms.